The highest BCUT2D eigenvalue weighted by Gasteiger charge is 2.22. The fourth-order valence-electron chi connectivity index (χ4n) is 3.99. The van der Waals surface area contributed by atoms with E-state index in [0.29, 0.717) is 42.2 Å². The van der Waals surface area contributed by atoms with Crippen molar-refractivity contribution in [3.8, 4) is 11.3 Å². The number of pyridine rings is 2. The molecule has 0 N–H and O–H groups in total. The number of alkyl halides is 2. The van der Waals surface area contributed by atoms with Crippen molar-refractivity contribution in [1.29, 1.82) is 0 Å². The van der Waals surface area contributed by atoms with Crippen LogP contribution in [0, 0.1) is 13.8 Å². The molecule has 0 unspecified atom stereocenters. The Morgan fingerprint density at radius 3 is 2.73 bits per heavy atom. The predicted octanol–water partition coefficient (Wildman–Crippen LogP) is 4.25. The second-order valence-corrected chi connectivity index (χ2v) is 7.92. The summed E-state index contributed by atoms with van der Waals surface area (Å²) in [6.45, 7) is 4.66. The average molecular weight is 451 g/mol. The number of aryl methyl sites for hydroxylation is 2. The SMILES string of the molecule is Cc1nn(CCOCc2cn3ccccc3n2)c2nc(-c3cnn(C)c3C)cc(C(F)F)c12. The molecule has 33 heavy (non-hydrogen) atoms. The maximum Gasteiger partial charge on any atom is 0.264 e. The van der Waals surface area contributed by atoms with Gasteiger partial charge in [0.25, 0.3) is 6.43 Å². The van der Waals surface area contributed by atoms with Gasteiger partial charge in [-0.25, -0.2) is 23.4 Å². The fourth-order valence-corrected chi connectivity index (χ4v) is 3.99. The molecule has 0 aliphatic rings. The van der Waals surface area contributed by atoms with Crippen molar-refractivity contribution in [2.75, 3.05) is 6.61 Å². The van der Waals surface area contributed by atoms with Crippen molar-refractivity contribution in [3.63, 3.8) is 0 Å². The number of ether oxygens (including phenoxy) is 1. The van der Waals surface area contributed by atoms with Crippen LogP contribution < -0.4 is 0 Å². The third kappa shape index (κ3) is 3.86. The summed E-state index contributed by atoms with van der Waals surface area (Å²) in [6.07, 6.45) is 2.85. The molecule has 0 amide bonds. The van der Waals surface area contributed by atoms with E-state index in [1.807, 2.05) is 41.9 Å². The highest BCUT2D eigenvalue weighted by atomic mass is 19.3. The second-order valence-electron chi connectivity index (χ2n) is 7.92. The number of imidazole rings is 1. The summed E-state index contributed by atoms with van der Waals surface area (Å²) >= 11 is 0. The van der Waals surface area contributed by atoms with Crippen LogP contribution in [0.3, 0.4) is 0 Å². The molecule has 0 bridgehead atoms. The summed E-state index contributed by atoms with van der Waals surface area (Å²) < 4.78 is 39.0. The molecule has 0 saturated carbocycles. The van der Waals surface area contributed by atoms with Crippen LogP contribution in [0.4, 0.5) is 8.78 Å². The molecule has 0 atom stereocenters. The third-order valence-corrected chi connectivity index (χ3v) is 5.77. The van der Waals surface area contributed by atoms with Crippen LogP contribution in [-0.2, 0) is 24.9 Å². The summed E-state index contributed by atoms with van der Waals surface area (Å²) in [4.78, 5) is 9.20. The highest BCUT2D eigenvalue weighted by Crippen LogP contribution is 2.33. The molecule has 0 aliphatic carbocycles. The topological polar surface area (TPSA) is 75.1 Å². The summed E-state index contributed by atoms with van der Waals surface area (Å²) in [7, 11) is 1.81. The normalized spacial score (nSPS) is 11.9. The lowest BCUT2D eigenvalue weighted by molar-refractivity contribution is 0.109. The molecule has 10 heteroatoms. The molecule has 5 aromatic rings. The molecule has 0 saturated heterocycles. The van der Waals surface area contributed by atoms with Crippen molar-refractivity contribution >= 4 is 16.7 Å². The molecule has 0 aromatic carbocycles. The Morgan fingerprint density at radius 1 is 1.15 bits per heavy atom. The first-order chi connectivity index (χ1) is 15.9. The van der Waals surface area contributed by atoms with Crippen molar-refractivity contribution < 1.29 is 13.5 Å². The van der Waals surface area contributed by atoms with Gasteiger partial charge in [-0.05, 0) is 32.0 Å². The highest BCUT2D eigenvalue weighted by molar-refractivity contribution is 5.85. The van der Waals surface area contributed by atoms with Crippen LogP contribution in [0.25, 0.3) is 27.9 Å². The molecule has 8 nitrogen and oxygen atoms in total. The van der Waals surface area contributed by atoms with Gasteiger partial charge < -0.3 is 9.14 Å². The van der Waals surface area contributed by atoms with Crippen LogP contribution in [-0.4, -0.2) is 40.5 Å². The largest absolute Gasteiger partial charge is 0.373 e. The molecule has 0 spiro atoms. The molecular weight excluding hydrogens is 428 g/mol. The molecule has 5 heterocycles. The molecule has 0 aliphatic heterocycles. The van der Waals surface area contributed by atoms with Crippen molar-refractivity contribution in [3.05, 3.63) is 65.5 Å². The van der Waals surface area contributed by atoms with Gasteiger partial charge in [0.1, 0.15) is 5.65 Å². The summed E-state index contributed by atoms with van der Waals surface area (Å²) in [5, 5.41) is 9.08. The van der Waals surface area contributed by atoms with Gasteiger partial charge in [-0.3, -0.25) is 4.68 Å². The summed E-state index contributed by atoms with van der Waals surface area (Å²) in [5.41, 5.74) is 4.54. The van der Waals surface area contributed by atoms with E-state index < -0.39 is 6.43 Å². The van der Waals surface area contributed by atoms with Gasteiger partial charge in [-0.2, -0.15) is 10.2 Å². The number of aromatic nitrogens is 7. The Bertz CT molecular complexity index is 1420. The zero-order valence-corrected chi connectivity index (χ0v) is 18.5. The van der Waals surface area contributed by atoms with E-state index in [1.54, 1.807) is 29.5 Å². The first kappa shape index (κ1) is 21.2. The number of rotatable bonds is 7. The van der Waals surface area contributed by atoms with Gasteiger partial charge >= 0.3 is 0 Å². The molecular formula is C23H23F2N7O. The maximum absolute atomic E-state index is 14.0. The third-order valence-electron chi connectivity index (χ3n) is 5.77. The Morgan fingerprint density at radius 2 is 2.00 bits per heavy atom. The molecule has 170 valence electrons. The van der Waals surface area contributed by atoms with Crippen LogP contribution in [0.5, 0.6) is 0 Å². The van der Waals surface area contributed by atoms with Crippen molar-refractivity contribution in [1.82, 2.24) is 33.9 Å². The molecule has 0 fully saturated rings. The van der Waals surface area contributed by atoms with Crippen LogP contribution in [0.1, 0.15) is 29.1 Å². The molecule has 5 rings (SSSR count). The maximum atomic E-state index is 14.0. The van der Waals surface area contributed by atoms with E-state index in [2.05, 4.69) is 15.2 Å². The molecule has 0 radical (unpaired) electrons. The monoisotopic (exact) mass is 451 g/mol. The summed E-state index contributed by atoms with van der Waals surface area (Å²) in [6, 6.07) is 7.23. The molecule has 5 aromatic heterocycles. The minimum atomic E-state index is -2.64. The number of fused-ring (bicyclic) bond motifs is 2. The van der Waals surface area contributed by atoms with Crippen molar-refractivity contribution in [2.24, 2.45) is 7.05 Å². The van der Waals surface area contributed by atoms with Gasteiger partial charge in [0.15, 0.2) is 5.65 Å². The number of hydrogen-bond donors (Lipinski definition) is 0. The number of hydrogen-bond acceptors (Lipinski definition) is 5. The Hall–Kier alpha value is -3.66. The van der Waals surface area contributed by atoms with Gasteiger partial charge in [0.05, 0.1) is 48.4 Å². The Labute approximate surface area is 188 Å². The van der Waals surface area contributed by atoms with E-state index in [0.717, 1.165) is 22.6 Å². The van der Waals surface area contributed by atoms with E-state index in [9.17, 15) is 8.78 Å². The predicted molar refractivity (Wildman–Crippen MR) is 119 cm³/mol. The van der Waals surface area contributed by atoms with E-state index in [1.165, 1.54) is 6.07 Å². The zero-order chi connectivity index (χ0) is 23.1. The standard InChI is InChI=1S/C23H23F2N7O/c1-14-21-17(22(24)25)10-19(18-11-26-30(3)15(18)2)28-23(21)32(29-14)8-9-33-13-16-12-31-7-5-4-6-20(31)27-16/h4-7,10-12,22H,8-9,13H2,1-3H3. The van der Waals surface area contributed by atoms with Gasteiger partial charge in [-0.1, -0.05) is 6.07 Å². The lowest BCUT2D eigenvalue weighted by Gasteiger charge is -2.09. The minimum Gasteiger partial charge on any atom is -0.373 e. The first-order valence-electron chi connectivity index (χ1n) is 10.6. The fraction of sp³-hybridized carbons (Fsp3) is 0.304. The minimum absolute atomic E-state index is 0.0763. The average Bonchev–Trinajstić information content (AvgIpc) is 3.46. The number of nitrogens with zero attached hydrogens (tertiary/aromatic N) is 7. The lowest BCUT2D eigenvalue weighted by atomic mass is 10.1. The van der Waals surface area contributed by atoms with Crippen LogP contribution in [0.15, 0.2) is 42.9 Å². The Balaban J connectivity index is 1.41. The van der Waals surface area contributed by atoms with E-state index in [-0.39, 0.29) is 5.56 Å². The van der Waals surface area contributed by atoms with Gasteiger partial charge in [-0.15, -0.1) is 0 Å². The van der Waals surface area contributed by atoms with Gasteiger partial charge in [0.2, 0.25) is 0 Å². The number of halogens is 2. The summed E-state index contributed by atoms with van der Waals surface area (Å²) in [5.74, 6) is 0. The van der Waals surface area contributed by atoms with Crippen LogP contribution >= 0.6 is 0 Å². The zero-order valence-electron chi connectivity index (χ0n) is 18.5. The smallest absolute Gasteiger partial charge is 0.264 e. The Kier molecular flexibility index (Phi) is 5.37. The van der Waals surface area contributed by atoms with E-state index in [4.69, 9.17) is 9.72 Å². The van der Waals surface area contributed by atoms with E-state index >= 15 is 0 Å². The van der Waals surface area contributed by atoms with Gasteiger partial charge in [0, 0.05) is 36.3 Å². The quantitative estimate of drug-likeness (QED) is 0.346. The van der Waals surface area contributed by atoms with Crippen LogP contribution in [0.2, 0.25) is 0 Å². The lowest BCUT2D eigenvalue weighted by Crippen LogP contribution is -2.09. The second kappa shape index (κ2) is 8.36. The first-order valence-corrected chi connectivity index (χ1v) is 10.6. The van der Waals surface area contributed by atoms with Crippen molar-refractivity contribution in [2.45, 2.75) is 33.4 Å².